The Balaban J connectivity index is 2.21. The van der Waals surface area contributed by atoms with E-state index < -0.39 is 0 Å². The first-order valence-corrected chi connectivity index (χ1v) is 8.21. The molecule has 1 aliphatic carbocycles. The van der Waals surface area contributed by atoms with Crippen LogP contribution in [0.4, 0.5) is 5.82 Å². The Morgan fingerprint density at radius 2 is 2.32 bits per heavy atom. The maximum atomic E-state index is 5.83. The third kappa shape index (κ3) is 3.05. The summed E-state index contributed by atoms with van der Waals surface area (Å²) in [7, 11) is 1.94. The van der Waals surface area contributed by atoms with Gasteiger partial charge in [0, 0.05) is 18.3 Å². The summed E-state index contributed by atoms with van der Waals surface area (Å²) >= 11 is 7.19. The quantitative estimate of drug-likeness (QED) is 0.818. The highest BCUT2D eigenvalue weighted by molar-refractivity contribution is 7.99. The third-order valence-corrected chi connectivity index (χ3v) is 5.15. The molecule has 2 atom stereocenters. The predicted molar refractivity (Wildman–Crippen MR) is 87.0 cm³/mol. The van der Waals surface area contributed by atoms with Gasteiger partial charge in [0.25, 0.3) is 0 Å². The summed E-state index contributed by atoms with van der Waals surface area (Å²) in [5.41, 5.74) is 7.62. The van der Waals surface area contributed by atoms with Crippen LogP contribution < -0.4 is 11.1 Å². The lowest BCUT2D eigenvalue weighted by Crippen LogP contribution is -2.28. The fraction of sp³-hybridized carbons (Fsp3) is 0.692. The van der Waals surface area contributed by atoms with Gasteiger partial charge in [0.05, 0.1) is 11.3 Å². The van der Waals surface area contributed by atoms with Gasteiger partial charge in [0.15, 0.2) is 0 Å². The smallest absolute Gasteiger partial charge is 0.134 e. The second-order valence-corrected chi connectivity index (χ2v) is 6.93. The van der Waals surface area contributed by atoms with E-state index in [1.807, 2.05) is 30.4 Å². The molecule has 4 nitrogen and oxygen atoms in total. The largest absolute Gasteiger partial charge is 0.389 e. The minimum Gasteiger partial charge on any atom is -0.389 e. The molecule has 1 heterocycles. The van der Waals surface area contributed by atoms with Crippen molar-refractivity contribution >= 4 is 34.8 Å². The highest BCUT2D eigenvalue weighted by atomic mass is 32.2. The second-order valence-electron chi connectivity index (χ2n) is 4.97. The Hall–Kier alpha value is -0.750. The van der Waals surface area contributed by atoms with Crippen molar-refractivity contribution in [2.24, 2.45) is 12.8 Å². The van der Waals surface area contributed by atoms with Gasteiger partial charge in [-0.3, -0.25) is 4.68 Å². The highest BCUT2D eigenvalue weighted by Crippen LogP contribution is 2.33. The molecule has 6 heteroatoms. The van der Waals surface area contributed by atoms with Gasteiger partial charge in [0.1, 0.15) is 10.8 Å². The third-order valence-electron chi connectivity index (χ3n) is 3.62. The van der Waals surface area contributed by atoms with E-state index in [2.05, 4.69) is 17.3 Å². The van der Waals surface area contributed by atoms with Crippen molar-refractivity contribution in [2.45, 2.75) is 44.4 Å². The molecule has 0 bridgehead atoms. The molecule has 19 heavy (non-hydrogen) atoms. The first-order chi connectivity index (χ1) is 9.04. The van der Waals surface area contributed by atoms with Crippen LogP contribution in [-0.4, -0.2) is 31.8 Å². The van der Waals surface area contributed by atoms with Crippen molar-refractivity contribution in [3.8, 4) is 0 Å². The number of nitrogens with two attached hydrogens (primary N) is 1. The number of nitrogens with zero attached hydrogens (tertiary/aromatic N) is 2. The fourth-order valence-electron chi connectivity index (χ4n) is 2.80. The molecule has 0 radical (unpaired) electrons. The molecule has 1 aliphatic rings. The number of hydrogen-bond donors (Lipinski definition) is 2. The summed E-state index contributed by atoms with van der Waals surface area (Å²) in [6.45, 7) is 4.17. The zero-order valence-corrected chi connectivity index (χ0v) is 13.4. The number of rotatable bonds is 5. The second kappa shape index (κ2) is 6.13. The summed E-state index contributed by atoms with van der Waals surface area (Å²) in [6, 6.07) is 0.493. The molecule has 1 saturated carbocycles. The number of anilines is 1. The minimum atomic E-state index is 0.422. The van der Waals surface area contributed by atoms with Gasteiger partial charge < -0.3 is 11.1 Å². The van der Waals surface area contributed by atoms with Crippen LogP contribution in [-0.2, 0) is 7.05 Å². The average Bonchev–Trinajstić information content (AvgIpc) is 2.86. The number of thiocarbonyl (C=S) groups is 1. The van der Waals surface area contributed by atoms with E-state index in [4.69, 9.17) is 18.0 Å². The lowest BCUT2D eigenvalue weighted by atomic mass is 10.2. The topological polar surface area (TPSA) is 55.9 Å². The van der Waals surface area contributed by atoms with Gasteiger partial charge in [-0.25, -0.2) is 0 Å². The molecule has 0 amide bonds. The van der Waals surface area contributed by atoms with Gasteiger partial charge in [-0.2, -0.15) is 16.9 Å². The van der Waals surface area contributed by atoms with Crippen molar-refractivity contribution in [3.63, 3.8) is 0 Å². The number of nitrogens with one attached hydrogen (secondary N) is 1. The van der Waals surface area contributed by atoms with E-state index in [9.17, 15) is 0 Å². The number of hydrogen-bond acceptors (Lipinski definition) is 4. The van der Waals surface area contributed by atoms with Crippen molar-refractivity contribution in [1.29, 1.82) is 0 Å². The van der Waals surface area contributed by atoms with Crippen LogP contribution in [0.15, 0.2) is 0 Å². The number of aromatic nitrogens is 2. The Morgan fingerprint density at radius 1 is 1.58 bits per heavy atom. The fourth-order valence-corrected chi connectivity index (χ4v) is 4.24. The molecular formula is C13H22N4S2. The van der Waals surface area contributed by atoms with E-state index in [1.165, 1.54) is 19.3 Å². The molecule has 0 saturated heterocycles. The van der Waals surface area contributed by atoms with E-state index in [0.29, 0.717) is 16.3 Å². The molecular weight excluding hydrogens is 276 g/mol. The zero-order valence-electron chi connectivity index (χ0n) is 11.8. The summed E-state index contributed by atoms with van der Waals surface area (Å²) < 4.78 is 1.86. The summed E-state index contributed by atoms with van der Waals surface area (Å²) in [4.78, 5) is 0.422. The molecule has 106 valence electrons. The average molecular weight is 298 g/mol. The van der Waals surface area contributed by atoms with Gasteiger partial charge in [-0.15, -0.1) is 0 Å². The van der Waals surface area contributed by atoms with Gasteiger partial charge in [-0.1, -0.05) is 25.6 Å². The number of thioether (sulfide) groups is 1. The van der Waals surface area contributed by atoms with Crippen molar-refractivity contribution in [1.82, 2.24) is 9.78 Å². The van der Waals surface area contributed by atoms with Crippen LogP contribution in [0.25, 0.3) is 0 Å². The molecule has 1 aromatic heterocycles. The highest BCUT2D eigenvalue weighted by Gasteiger charge is 2.29. The van der Waals surface area contributed by atoms with Crippen LogP contribution in [0.1, 0.15) is 37.4 Å². The first kappa shape index (κ1) is 14.7. The molecule has 0 spiro atoms. The maximum Gasteiger partial charge on any atom is 0.134 e. The predicted octanol–water partition coefficient (Wildman–Crippen LogP) is 2.45. The molecule has 1 fully saturated rings. The Kier molecular flexibility index (Phi) is 4.73. The Morgan fingerprint density at radius 3 is 2.95 bits per heavy atom. The number of aryl methyl sites for hydroxylation is 2. The Bertz CT molecular complexity index is 469. The van der Waals surface area contributed by atoms with E-state index in [-0.39, 0.29) is 0 Å². The molecule has 2 unspecified atom stereocenters. The first-order valence-electron chi connectivity index (χ1n) is 6.76. The molecule has 0 aromatic carbocycles. The zero-order chi connectivity index (χ0) is 14.0. The van der Waals surface area contributed by atoms with Crippen LogP contribution in [0.5, 0.6) is 0 Å². The lowest BCUT2D eigenvalue weighted by molar-refractivity contribution is 0.714. The van der Waals surface area contributed by atoms with Crippen molar-refractivity contribution < 1.29 is 0 Å². The van der Waals surface area contributed by atoms with Crippen molar-refractivity contribution in [2.75, 3.05) is 11.1 Å². The standard InChI is InChI=1S/C13H22N4S2/c1-4-19-10-7-5-6-9(10)15-13-11(12(14)18)8(2)16-17(13)3/h9-10,15H,4-7H2,1-3H3,(H2,14,18). The van der Waals surface area contributed by atoms with E-state index in [0.717, 1.165) is 22.8 Å². The SMILES string of the molecule is CCSC1CCCC1Nc1c(C(N)=S)c(C)nn1C. The van der Waals surface area contributed by atoms with Crippen LogP contribution in [0.3, 0.4) is 0 Å². The van der Waals surface area contributed by atoms with E-state index in [1.54, 1.807) is 0 Å². The normalized spacial score (nSPS) is 22.7. The summed E-state index contributed by atoms with van der Waals surface area (Å²) in [5, 5.41) is 8.73. The molecule has 0 aliphatic heterocycles. The maximum absolute atomic E-state index is 5.83. The van der Waals surface area contributed by atoms with Crippen LogP contribution in [0, 0.1) is 6.92 Å². The molecule has 3 N–H and O–H groups in total. The van der Waals surface area contributed by atoms with Crippen LogP contribution in [0.2, 0.25) is 0 Å². The van der Waals surface area contributed by atoms with Gasteiger partial charge in [-0.05, 0) is 25.5 Å². The van der Waals surface area contributed by atoms with Gasteiger partial charge >= 0.3 is 0 Å². The van der Waals surface area contributed by atoms with Crippen LogP contribution >= 0.6 is 24.0 Å². The lowest BCUT2D eigenvalue weighted by Gasteiger charge is -2.22. The Labute approximate surface area is 124 Å². The summed E-state index contributed by atoms with van der Waals surface area (Å²) in [5.74, 6) is 2.13. The van der Waals surface area contributed by atoms with Gasteiger partial charge in [0.2, 0.25) is 0 Å². The summed E-state index contributed by atoms with van der Waals surface area (Å²) in [6.07, 6.45) is 3.78. The molecule has 1 aromatic rings. The monoisotopic (exact) mass is 298 g/mol. The minimum absolute atomic E-state index is 0.422. The van der Waals surface area contributed by atoms with Crippen molar-refractivity contribution in [3.05, 3.63) is 11.3 Å². The molecule has 2 rings (SSSR count). The van der Waals surface area contributed by atoms with E-state index >= 15 is 0 Å².